The molecule has 1 heterocycles. The van der Waals surface area contributed by atoms with Crippen LogP contribution in [0.4, 0.5) is 8.78 Å². The molecular formula is C13H16F2N2O4S2. The fourth-order valence-corrected chi connectivity index (χ4v) is 4.46. The molecule has 1 aliphatic rings. The molecule has 23 heavy (non-hydrogen) atoms. The van der Waals surface area contributed by atoms with Gasteiger partial charge in [-0.05, 0) is 24.5 Å². The molecule has 6 nitrogen and oxygen atoms in total. The normalized spacial score (nSPS) is 19.8. The molecule has 1 aromatic carbocycles. The minimum Gasteiger partial charge on any atom is -0.211 e. The Morgan fingerprint density at radius 2 is 1.83 bits per heavy atom. The lowest BCUT2D eigenvalue weighted by Crippen LogP contribution is -2.32. The van der Waals surface area contributed by atoms with Gasteiger partial charge in [0, 0.05) is 31.1 Å². The summed E-state index contributed by atoms with van der Waals surface area (Å²) < 4.78 is 77.1. The van der Waals surface area contributed by atoms with Crippen LogP contribution in [0.2, 0.25) is 0 Å². The molecule has 1 atom stereocenters. The molecule has 128 valence electrons. The molecule has 0 amide bonds. The van der Waals surface area contributed by atoms with Crippen molar-refractivity contribution in [2.24, 2.45) is 5.92 Å². The molecule has 0 aliphatic carbocycles. The zero-order valence-electron chi connectivity index (χ0n) is 12.1. The molecule has 1 aliphatic heterocycles. The van der Waals surface area contributed by atoms with E-state index in [0.29, 0.717) is 12.5 Å². The molecule has 0 saturated carbocycles. The van der Waals surface area contributed by atoms with Gasteiger partial charge in [-0.1, -0.05) is 6.58 Å². The average molecular weight is 366 g/mol. The molecule has 2 rings (SSSR count). The van der Waals surface area contributed by atoms with Crippen LogP contribution in [0, 0.1) is 17.6 Å². The zero-order valence-corrected chi connectivity index (χ0v) is 13.7. The number of hydrogen-bond donors (Lipinski definition) is 1. The Balaban J connectivity index is 2.09. The van der Waals surface area contributed by atoms with Gasteiger partial charge >= 0.3 is 0 Å². The van der Waals surface area contributed by atoms with Gasteiger partial charge in [0.05, 0.1) is 4.90 Å². The van der Waals surface area contributed by atoms with Crippen LogP contribution < -0.4 is 4.72 Å². The van der Waals surface area contributed by atoms with Gasteiger partial charge in [-0.2, -0.15) is 4.31 Å². The summed E-state index contributed by atoms with van der Waals surface area (Å²) in [5.74, 6) is -2.17. The van der Waals surface area contributed by atoms with Crippen LogP contribution in [-0.2, 0) is 20.0 Å². The van der Waals surface area contributed by atoms with Crippen LogP contribution in [0.5, 0.6) is 0 Å². The van der Waals surface area contributed by atoms with E-state index < -0.39 is 36.6 Å². The average Bonchev–Trinajstić information content (AvgIpc) is 2.94. The van der Waals surface area contributed by atoms with Gasteiger partial charge in [0.25, 0.3) is 0 Å². The first-order valence-electron chi connectivity index (χ1n) is 6.72. The Morgan fingerprint density at radius 1 is 1.22 bits per heavy atom. The van der Waals surface area contributed by atoms with E-state index in [0.717, 1.165) is 21.8 Å². The quantitative estimate of drug-likeness (QED) is 0.815. The second-order valence-corrected chi connectivity index (χ2v) is 8.83. The van der Waals surface area contributed by atoms with Crippen molar-refractivity contribution in [2.45, 2.75) is 11.3 Å². The Bertz CT molecular complexity index is 789. The second-order valence-electron chi connectivity index (χ2n) is 5.18. The predicted molar refractivity (Wildman–Crippen MR) is 80.3 cm³/mol. The molecule has 1 N–H and O–H groups in total. The van der Waals surface area contributed by atoms with Crippen molar-refractivity contribution in [3.8, 4) is 0 Å². The highest BCUT2D eigenvalue weighted by Gasteiger charge is 2.33. The van der Waals surface area contributed by atoms with Gasteiger partial charge in [0.15, 0.2) is 0 Å². The molecule has 0 bridgehead atoms. The molecule has 1 saturated heterocycles. The molecule has 10 heteroatoms. The second kappa shape index (κ2) is 6.63. The van der Waals surface area contributed by atoms with Gasteiger partial charge in [-0.25, -0.2) is 30.3 Å². The van der Waals surface area contributed by atoms with E-state index in [1.54, 1.807) is 0 Å². The summed E-state index contributed by atoms with van der Waals surface area (Å²) in [5.41, 5.74) is 0. The van der Waals surface area contributed by atoms with Gasteiger partial charge in [0.2, 0.25) is 20.0 Å². The monoisotopic (exact) mass is 366 g/mol. The maximum Gasteiger partial charge on any atom is 0.243 e. The first-order chi connectivity index (χ1) is 10.6. The van der Waals surface area contributed by atoms with E-state index in [9.17, 15) is 25.6 Å². The van der Waals surface area contributed by atoms with Crippen molar-refractivity contribution in [2.75, 3.05) is 19.6 Å². The van der Waals surface area contributed by atoms with Gasteiger partial charge in [-0.15, -0.1) is 0 Å². The van der Waals surface area contributed by atoms with Crippen molar-refractivity contribution in [3.05, 3.63) is 41.8 Å². The highest BCUT2D eigenvalue weighted by atomic mass is 32.2. The van der Waals surface area contributed by atoms with Crippen molar-refractivity contribution in [1.82, 2.24) is 9.03 Å². The van der Waals surface area contributed by atoms with Crippen molar-refractivity contribution in [1.29, 1.82) is 0 Å². The molecule has 0 aromatic heterocycles. The van der Waals surface area contributed by atoms with E-state index in [1.165, 1.54) is 0 Å². The van der Waals surface area contributed by atoms with Crippen molar-refractivity contribution < 1.29 is 25.6 Å². The molecule has 1 unspecified atom stereocenters. The van der Waals surface area contributed by atoms with Crippen molar-refractivity contribution >= 4 is 20.0 Å². The zero-order chi connectivity index (χ0) is 17.3. The summed E-state index contributed by atoms with van der Waals surface area (Å²) in [5, 5.41) is 0.770. The number of hydrogen-bond acceptors (Lipinski definition) is 4. The minimum atomic E-state index is -4.02. The number of sulfonamides is 2. The number of rotatable bonds is 6. The lowest BCUT2D eigenvalue weighted by molar-refractivity contribution is 0.453. The van der Waals surface area contributed by atoms with Crippen LogP contribution in [-0.4, -0.2) is 40.8 Å². The standard InChI is InChI=1S/C13H16F2N2O4S2/c1-2-22(18,19)16-8-10-3-4-17(9-10)23(20,21)13-6-11(14)5-12(15)7-13/h2,5-7,10,16H,1,3-4,8-9H2. The summed E-state index contributed by atoms with van der Waals surface area (Å²) in [6.07, 6.45) is 0.441. The molecule has 0 spiro atoms. The first kappa shape index (κ1) is 18.0. The summed E-state index contributed by atoms with van der Waals surface area (Å²) in [4.78, 5) is -0.456. The Kier molecular flexibility index (Phi) is 5.19. The smallest absolute Gasteiger partial charge is 0.211 e. The fraction of sp³-hybridized carbons (Fsp3) is 0.385. The van der Waals surface area contributed by atoms with Gasteiger partial charge < -0.3 is 0 Å². The van der Waals surface area contributed by atoms with E-state index in [4.69, 9.17) is 0 Å². The van der Waals surface area contributed by atoms with Gasteiger partial charge in [-0.3, -0.25) is 0 Å². The Morgan fingerprint density at radius 3 is 2.39 bits per heavy atom. The van der Waals surface area contributed by atoms with E-state index >= 15 is 0 Å². The molecule has 0 radical (unpaired) electrons. The Hall–Kier alpha value is -1.36. The van der Waals surface area contributed by atoms with Gasteiger partial charge in [0.1, 0.15) is 11.6 Å². The molecule has 1 fully saturated rings. The van der Waals surface area contributed by atoms with Crippen LogP contribution in [0.1, 0.15) is 6.42 Å². The van der Waals surface area contributed by atoms with E-state index in [1.807, 2.05) is 0 Å². The van der Waals surface area contributed by atoms with E-state index in [2.05, 4.69) is 11.3 Å². The predicted octanol–water partition coefficient (Wildman–Crippen LogP) is 1.04. The molecular weight excluding hydrogens is 350 g/mol. The highest BCUT2D eigenvalue weighted by molar-refractivity contribution is 7.92. The highest BCUT2D eigenvalue weighted by Crippen LogP contribution is 2.25. The minimum absolute atomic E-state index is 0.0673. The van der Waals surface area contributed by atoms with Crippen LogP contribution >= 0.6 is 0 Å². The molecule has 1 aromatic rings. The summed E-state index contributed by atoms with van der Waals surface area (Å²) >= 11 is 0. The lowest BCUT2D eigenvalue weighted by Gasteiger charge is -2.17. The summed E-state index contributed by atoms with van der Waals surface area (Å²) in [6, 6.07) is 2.11. The number of halogens is 2. The SMILES string of the molecule is C=CS(=O)(=O)NCC1CCN(S(=O)(=O)c2cc(F)cc(F)c2)C1. The van der Waals surface area contributed by atoms with Crippen LogP contribution in [0.25, 0.3) is 0 Å². The van der Waals surface area contributed by atoms with Crippen LogP contribution in [0.15, 0.2) is 35.1 Å². The maximum absolute atomic E-state index is 13.2. The number of nitrogens with one attached hydrogen (secondary N) is 1. The number of nitrogens with zero attached hydrogens (tertiary/aromatic N) is 1. The summed E-state index contributed by atoms with van der Waals surface area (Å²) in [7, 11) is -7.60. The summed E-state index contributed by atoms with van der Waals surface area (Å²) in [6.45, 7) is 3.45. The Labute approximate surface area is 133 Å². The maximum atomic E-state index is 13.2. The number of benzene rings is 1. The third-order valence-corrected chi connectivity index (χ3v) is 6.37. The van der Waals surface area contributed by atoms with Crippen LogP contribution in [0.3, 0.4) is 0 Å². The van der Waals surface area contributed by atoms with Crippen molar-refractivity contribution in [3.63, 3.8) is 0 Å². The third kappa shape index (κ3) is 4.34. The van der Waals surface area contributed by atoms with E-state index in [-0.39, 0.29) is 25.6 Å². The topological polar surface area (TPSA) is 83.6 Å². The largest absolute Gasteiger partial charge is 0.243 e. The lowest BCUT2D eigenvalue weighted by atomic mass is 10.1. The fourth-order valence-electron chi connectivity index (χ4n) is 2.30. The third-order valence-electron chi connectivity index (χ3n) is 3.52. The first-order valence-corrected chi connectivity index (χ1v) is 9.71.